The second-order valence-electron chi connectivity index (χ2n) is 3.08. The van der Waals surface area contributed by atoms with Gasteiger partial charge in [0.25, 0.3) is 5.91 Å². The molecule has 0 fully saturated rings. The van der Waals surface area contributed by atoms with Gasteiger partial charge in [-0.05, 0) is 19.1 Å². The Bertz CT molecular complexity index is 375. The minimum Gasteiger partial charge on any atom is -0.422 e. The van der Waals surface area contributed by atoms with E-state index < -0.39 is 7.12 Å². The molecule has 3 N–H and O–H groups in total. The molecule has 0 atom stereocenters. The molecule has 1 aromatic rings. The highest BCUT2D eigenvalue weighted by Crippen LogP contribution is 2.03. The topological polar surface area (TPSA) is 82.5 Å². The van der Waals surface area contributed by atoms with Crippen LogP contribution in [0.5, 0.6) is 0 Å². The monoisotopic (exact) mass is 206 g/mol. The number of anilines is 1. The van der Waals surface area contributed by atoms with Crippen LogP contribution in [-0.4, -0.2) is 28.1 Å². The van der Waals surface area contributed by atoms with E-state index in [1.54, 1.807) is 6.92 Å². The molecule has 0 aliphatic rings. The van der Waals surface area contributed by atoms with E-state index in [2.05, 4.69) is 16.9 Å². The lowest BCUT2D eigenvalue weighted by molar-refractivity contribution is -0.112. The molecule has 0 unspecified atom stereocenters. The number of aromatic nitrogens is 1. The molecule has 0 bridgehead atoms. The minimum absolute atomic E-state index is 0.128. The number of pyridine rings is 1. The van der Waals surface area contributed by atoms with Gasteiger partial charge in [0.1, 0.15) is 0 Å². The third kappa shape index (κ3) is 3.19. The van der Waals surface area contributed by atoms with Crippen LogP contribution in [0.1, 0.15) is 6.92 Å². The van der Waals surface area contributed by atoms with Crippen molar-refractivity contribution in [3.05, 3.63) is 30.5 Å². The van der Waals surface area contributed by atoms with Gasteiger partial charge in [0, 0.05) is 11.8 Å². The van der Waals surface area contributed by atoms with E-state index in [-0.39, 0.29) is 11.5 Å². The maximum atomic E-state index is 11.2. The Hall–Kier alpha value is -1.66. The van der Waals surface area contributed by atoms with Gasteiger partial charge < -0.3 is 15.4 Å². The molecule has 1 rings (SSSR count). The molecule has 0 saturated carbocycles. The van der Waals surface area contributed by atoms with Crippen molar-refractivity contribution in [3.63, 3.8) is 0 Å². The molecular weight excluding hydrogens is 195 g/mol. The van der Waals surface area contributed by atoms with Gasteiger partial charge in [-0.15, -0.1) is 0 Å². The number of rotatable bonds is 3. The third-order valence-corrected chi connectivity index (χ3v) is 1.70. The SMILES string of the molecule is C=C(C)C(=O)Nc1ccc(B(O)O)nc1. The largest absolute Gasteiger partial charge is 0.508 e. The molecule has 0 radical (unpaired) electrons. The van der Waals surface area contributed by atoms with E-state index in [1.807, 2.05) is 0 Å². The van der Waals surface area contributed by atoms with Gasteiger partial charge >= 0.3 is 7.12 Å². The average Bonchev–Trinajstić information content (AvgIpc) is 2.18. The van der Waals surface area contributed by atoms with Crippen molar-refractivity contribution in [1.29, 1.82) is 0 Å². The molecule has 5 nitrogen and oxygen atoms in total. The van der Waals surface area contributed by atoms with Crippen molar-refractivity contribution in [2.24, 2.45) is 0 Å². The molecule has 1 amide bonds. The van der Waals surface area contributed by atoms with Crippen molar-refractivity contribution < 1.29 is 14.8 Å². The Morgan fingerprint density at radius 2 is 2.20 bits per heavy atom. The van der Waals surface area contributed by atoms with Crippen LogP contribution in [0.4, 0.5) is 5.69 Å². The second-order valence-corrected chi connectivity index (χ2v) is 3.08. The lowest BCUT2D eigenvalue weighted by atomic mass is 9.86. The Labute approximate surface area is 87.6 Å². The van der Waals surface area contributed by atoms with E-state index in [0.717, 1.165) is 0 Å². The molecule has 0 saturated heterocycles. The summed E-state index contributed by atoms with van der Waals surface area (Å²) >= 11 is 0. The number of hydrogen-bond donors (Lipinski definition) is 3. The number of hydrogen-bond acceptors (Lipinski definition) is 4. The Balaban J connectivity index is 2.73. The minimum atomic E-state index is -1.60. The van der Waals surface area contributed by atoms with Crippen LogP contribution in [0.2, 0.25) is 0 Å². The summed E-state index contributed by atoms with van der Waals surface area (Å²) in [6.07, 6.45) is 1.34. The molecule has 1 heterocycles. The summed E-state index contributed by atoms with van der Waals surface area (Å²) in [5, 5.41) is 20.1. The summed E-state index contributed by atoms with van der Waals surface area (Å²) in [6.45, 7) is 5.08. The molecule has 0 aromatic carbocycles. The summed E-state index contributed by atoms with van der Waals surface area (Å²) in [6, 6.07) is 2.95. The maximum Gasteiger partial charge on any atom is 0.508 e. The predicted molar refractivity (Wildman–Crippen MR) is 57.5 cm³/mol. The standard InChI is InChI=1S/C9H11BN2O3/c1-6(2)9(13)12-7-3-4-8(10(14)15)11-5-7/h3-5,14-15H,1H2,2H3,(H,12,13). The van der Waals surface area contributed by atoms with E-state index in [9.17, 15) is 4.79 Å². The normalized spacial score (nSPS) is 9.53. The van der Waals surface area contributed by atoms with E-state index in [0.29, 0.717) is 11.3 Å². The van der Waals surface area contributed by atoms with Gasteiger partial charge in [-0.25, -0.2) is 0 Å². The van der Waals surface area contributed by atoms with Gasteiger partial charge in [0.15, 0.2) is 0 Å². The van der Waals surface area contributed by atoms with E-state index in [4.69, 9.17) is 10.0 Å². The Kier molecular flexibility index (Phi) is 3.59. The first-order valence-corrected chi connectivity index (χ1v) is 4.29. The summed E-state index contributed by atoms with van der Waals surface area (Å²) in [5.41, 5.74) is 0.997. The van der Waals surface area contributed by atoms with Crippen LogP contribution in [0.25, 0.3) is 0 Å². The molecule has 15 heavy (non-hydrogen) atoms. The van der Waals surface area contributed by atoms with Gasteiger partial charge in [-0.3, -0.25) is 9.78 Å². The number of nitrogens with one attached hydrogen (secondary N) is 1. The zero-order valence-corrected chi connectivity index (χ0v) is 8.27. The Morgan fingerprint density at radius 3 is 2.60 bits per heavy atom. The van der Waals surface area contributed by atoms with Crippen LogP contribution in [-0.2, 0) is 4.79 Å². The molecule has 0 aliphatic heterocycles. The molecule has 0 spiro atoms. The summed E-state index contributed by atoms with van der Waals surface area (Å²) in [4.78, 5) is 14.9. The number of carbonyl (C=O) groups is 1. The van der Waals surface area contributed by atoms with Crippen LogP contribution in [0.15, 0.2) is 30.5 Å². The number of carbonyl (C=O) groups excluding carboxylic acids is 1. The Morgan fingerprint density at radius 1 is 1.53 bits per heavy atom. The van der Waals surface area contributed by atoms with Crippen LogP contribution < -0.4 is 10.9 Å². The predicted octanol–water partition coefficient (Wildman–Crippen LogP) is -0.724. The first-order chi connectivity index (χ1) is 7.00. The fraction of sp³-hybridized carbons (Fsp3) is 0.111. The first-order valence-electron chi connectivity index (χ1n) is 4.29. The highest BCUT2D eigenvalue weighted by atomic mass is 16.4. The fourth-order valence-electron chi connectivity index (χ4n) is 0.870. The van der Waals surface area contributed by atoms with Crippen molar-refractivity contribution in [2.75, 3.05) is 5.32 Å². The van der Waals surface area contributed by atoms with E-state index in [1.165, 1.54) is 18.3 Å². The van der Waals surface area contributed by atoms with Crippen molar-refractivity contribution in [2.45, 2.75) is 6.92 Å². The highest BCUT2D eigenvalue weighted by Gasteiger charge is 2.12. The number of nitrogens with zero attached hydrogens (tertiary/aromatic N) is 1. The van der Waals surface area contributed by atoms with Crippen molar-refractivity contribution in [3.8, 4) is 0 Å². The van der Waals surface area contributed by atoms with Crippen molar-refractivity contribution in [1.82, 2.24) is 4.98 Å². The lowest BCUT2D eigenvalue weighted by Gasteiger charge is -2.04. The van der Waals surface area contributed by atoms with Crippen LogP contribution in [0.3, 0.4) is 0 Å². The lowest BCUT2D eigenvalue weighted by Crippen LogP contribution is -2.32. The molecule has 0 aliphatic carbocycles. The smallest absolute Gasteiger partial charge is 0.422 e. The molecule has 6 heteroatoms. The summed E-state index contributed by atoms with van der Waals surface area (Å²) in [5.74, 6) is -0.297. The third-order valence-electron chi connectivity index (χ3n) is 1.70. The van der Waals surface area contributed by atoms with Gasteiger partial charge in [0.2, 0.25) is 0 Å². The maximum absolute atomic E-state index is 11.2. The molecule has 1 aromatic heterocycles. The highest BCUT2D eigenvalue weighted by molar-refractivity contribution is 6.57. The molecule has 78 valence electrons. The molecular formula is C9H11BN2O3. The first kappa shape index (κ1) is 11.4. The quantitative estimate of drug-likeness (QED) is 0.450. The zero-order valence-electron chi connectivity index (χ0n) is 8.27. The van der Waals surface area contributed by atoms with Crippen LogP contribution in [0, 0.1) is 0 Å². The fourth-order valence-corrected chi connectivity index (χ4v) is 0.870. The summed E-state index contributed by atoms with van der Waals surface area (Å²) in [7, 11) is -1.60. The zero-order chi connectivity index (χ0) is 11.4. The van der Waals surface area contributed by atoms with Crippen molar-refractivity contribution >= 4 is 24.3 Å². The van der Waals surface area contributed by atoms with E-state index >= 15 is 0 Å². The summed E-state index contributed by atoms with van der Waals surface area (Å²) < 4.78 is 0. The average molecular weight is 206 g/mol. The second kappa shape index (κ2) is 4.72. The van der Waals surface area contributed by atoms with Gasteiger partial charge in [-0.1, -0.05) is 6.58 Å². The van der Waals surface area contributed by atoms with Gasteiger partial charge in [0.05, 0.1) is 11.3 Å². The number of amides is 1. The van der Waals surface area contributed by atoms with Gasteiger partial charge in [-0.2, -0.15) is 0 Å². The van der Waals surface area contributed by atoms with Crippen LogP contribution >= 0.6 is 0 Å².